The quantitative estimate of drug-likeness (QED) is 0.741. The van der Waals surface area contributed by atoms with Crippen LogP contribution < -0.4 is 4.90 Å². The first kappa shape index (κ1) is 13.9. The predicted molar refractivity (Wildman–Crippen MR) is 83.8 cm³/mol. The van der Waals surface area contributed by atoms with Gasteiger partial charge in [0.15, 0.2) is 0 Å². The van der Waals surface area contributed by atoms with Crippen molar-refractivity contribution in [2.45, 2.75) is 31.3 Å². The number of piperidine rings is 1. The van der Waals surface area contributed by atoms with Crippen LogP contribution >= 0.6 is 23.2 Å². The third-order valence-corrected chi connectivity index (χ3v) is 5.54. The monoisotopic (exact) mass is 334 g/mol. The molecule has 3 unspecified atom stereocenters. The van der Waals surface area contributed by atoms with Gasteiger partial charge >= 0.3 is 0 Å². The van der Waals surface area contributed by atoms with Gasteiger partial charge in [0.1, 0.15) is 6.04 Å². The molecule has 4 rings (SSSR count). The van der Waals surface area contributed by atoms with Crippen LogP contribution in [0.2, 0.25) is 10.0 Å². The Kier molecular flexibility index (Phi) is 3.07. The average molecular weight is 335 g/mol. The smallest absolute Gasteiger partial charge is 0.257 e. The summed E-state index contributed by atoms with van der Waals surface area (Å²) in [6, 6.07) is 5.12. The summed E-state index contributed by atoms with van der Waals surface area (Å²) < 4.78 is 0. The number of anilines is 1. The number of aliphatic imine (C=N–C) groups is 1. The van der Waals surface area contributed by atoms with Crippen molar-refractivity contribution >= 4 is 40.8 Å². The minimum atomic E-state index is -0.194. The van der Waals surface area contributed by atoms with Gasteiger partial charge in [-0.1, -0.05) is 23.2 Å². The van der Waals surface area contributed by atoms with Crippen LogP contribution in [0, 0.1) is 17.4 Å². The Morgan fingerprint density at radius 1 is 1.27 bits per heavy atom. The molecule has 0 N–H and O–H groups in total. The van der Waals surface area contributed by atoms with E-state index >= 15 is 0 Å². The molecule has 0 radical (unpaired) electrons. The fourth-order valence-electron chi connectivity index (χ4n) is 3.96. The number of hydrogen-bond acceptors (Lipinski definition) is 3. The van der Waals surface area contributed by atoms with Crippen molar-refractivity contribution in [2.24, 2.45) is 10.9 Å². The number of halogens is 2. The summed E-state index contributed by atoms with van der Waals surface area (Å²) >= 11 is 12.0. The van der Waals surface area contributed by atoms with Crippen LogP contribution in [-0.4, -0.2) is 28.9 Å². The maximum absolute atomic E-state index is 12.9. The Bertz CT molecular complexity index is 742. The predicted octanol–water partition coefficient (Wildman–Crippen LogP) is 3.03. The lowest BCUT2D eigenvalue weighted by Crippen LogP contribution is -2.41. The zero-order chi connectivity index (χ0) is 15.4. The molecule has 5 nitrogen and oxygen atoms in total. The number of carbonyl (C=O) groups excluding carboxylic acids is 1. The Hall–Kier alpha value is -1.77. The Balaban J connectivity index is 1.81. The lowest BCUT2D eigenvalue weighted by atomic mass is 9.99. The maximum Gasteiger partial charge on any atom is 0.257 e. The third-order valence-electron chi connectivity index (χ3n) is 4.80. The molecule has 2 heterocycles. The molecule has 22 heavy (non-hydrogen) atoms. The van der Waals surface area contributed by atoms with Gasteiger partial charge in [-0.25, -0.2) is 4.90 Å². The summed E-state index contributed by atoms with van der Waals surface area (Å²) in [6.07, 6.45) is 4.94. The second kappa shape index (κ2) is 4.87. The highest BCUT2D eigenvalue weighted by Gasteiger charge is 2.58. The van der Waals surface area contributed by atoms with E-state index in [2.05, 4.69) is 4.99 Å². The topological polar surface area (TPSA) is 59.7 Å². The van der Waals surface area contributed by atoms with Crippen molar-refractivity contribution in [2.75, 3.05) is 4.90 Å². The number of hydrogen-bond donors (Lipinski definition) is 0. The first-order chi connectivity index (χ1) is 10.6. The van der Waals surface area contributed by atoms with Gasteiger partial charge in [-0.3, -0.25) is 4.79 Å². The SMILES string of the molecule is N#CN=C1N(c2ccc(Cl)c(Cl)c2)C(=O)C2C3CCC(C3)N12. The zero-order valence-electron chi connectivity index (χ0n) is 11.5. The van der Waals surface area contributed by atoms with E-state index in [1.807, 2.05) is 11.1 Å². The second-order valence-corrected chi connectivity index (χ2v) is 6.68. The molecule has 1 amide bonds. The fraction of sp³-hybridized carbons (Fsp3) is 0.400. The number of amides is 1. The number of guanidine groups is 1. The molecular formula is C15H12Cl2N4O. The molecule has 0 spiro atoms. The van der Waals surface area contributed by atoms with Crippen LogP contribution in [0.3, 0.4) is 0 Å². The van der Waals surface area contributed by atoms with Crippen LogP contribution in [0.1, 0.15) is 19.3 Å². The largest absolute Gasteiger partial charge is 0.326 e. The van der Waals surface area contributed by atoms with Crippen molar-refractivity contribution in [3.8, 4) is 6.19 Å². The Morgan fingerprint density at radius 2 is 2.09 bits per heavy atom. The van der Waals surface area contributed by atoms with Gasteiger partial charge in [-0.05, 0) is 43.4 Å². The summed E-state index contributed by atoms with van der Waals surface area (Å²) in [5.41, 5.74) is 0.599. The number of fused-ring (bicyclic) bond motifs is 5. The zero-order valence-corrected chi connectivity index (χ0v) is 13.1. The summed E-state index contributed by atoms with van der Waals surface area (Å²) in [5.74, 6) is 0.747. The van der Waals surface area contributed by atoms with Crippen molar-refractivity contribution in [3.63, 3.8) is 0 Å². The van der Waals surface area contributed by atoms with Gasteiger partial charge in [-0.2, -0.15) is 5.26 Å². The first-order valence-corrected chi connectivity index (χ1v) is 7.91. The van der Waals surface area contributed by atoms with Crippen molar-refractivity contribution in [1.29, 1.82) is 5.26 Å². The second-order valence-electron chi connectivity index (χ2n) is 5.86. The van der Waals surface area contributed by atoms with E-state index in [4.69, 9.17) is 28.5 Å². The minimum absolute atomic E-state index is 0.0282. The van der Waals surface area contributed by atoms with E-state index in [1.165, 1.54) is 4.90 Å². The van der Waals surface area contributed by atoms with Crippen LogP contribution in [-0.2, 0) is 4.79 Å². The summed E-state index contributed by atoms with van der Waals surface area (Å²) in [6.45, 7) is 0. The van der Waals surface area contributed by atoms with Crippen LogP contribution in [0.4, 0.5) is 5.69 Å². The number of rotatable bonds is 1. The molecule has 1 aromatic carbocycles. The molecule has 112 valence electrons. The van der Waals surface area contributed by atoms with Gasteiger partial charge in [0.25, 0.3) is 5.91 Å². The van der Waals surface area contributed by atoms with Crippen LogP contribution in [0.25, 0.3) is 0 Å². The first-order valence-electron chi connectivity index (χ1n) is 7.16. The van der Waals surface area contributed by atoms with E-state index < -0.39 is 0 Å². The van der Waals surface area contributed by atoms with E-state index in [-0.39, 0.29) is 11.9 Å². The molecule has 3 aliphatic rings. The molecule has 1 aliphatic carbocycles. The van der Waals surface area contributed by atoms with Gasteiger partial charge < -0.3 is 4.90 Å². The number of benzene rings is 1. The van der Waals surface area contributed by atoms with Gasteiger partial charge in [-0.15, -0.1) is 4.99 Å². The number of nitriles is 1. The molecule has 0 aromatic heterocycles. The lowest BCUT2D eigenvalue weighted by molar-refractivity contribution is -0.120. The Morgan fingerprint density at radius 3 is 2.82 bits per heavy atom. The number of carbonyl (C=O) groups is 1. The third kappa shape index (κ3) is 1.77. The molecule has 3 fully saturated rings. The summed E-state index contributed by atoms with van der Waals surface area (Å²) in [7, 11) is 0. The van der Waals surface area contributed by atoms with Crippen LogP contribution in [0.15, 0.2) is 23.2 Å². The highest BCUT2D eigenvalue weighted by Crippen LogP contribution is 2.47. The van der Waals surface area contributed by atoms with Crippen molar-refractivity contribution in [3.05, 3.63) is 28.2 Å². The molecule has 7 heteroatoms. The number of nitrogens with zero attached hydrogens (tertiary/aromatic N) is 4. The molecule has 2 aliphatic heterocycles. The fourth-order valence-corrected chi connectivity index (χ4v) is 4.25. The Labute approximate surface area is 137 Å². The van der Waals surface area contributed by atoms with E-state index in [1.54, 1.807) is 18.2 Å². The van der Waals surface area contributed by atoms with E-state index in [9.17, 15) is 4.79 Å². The average Bonchev–Trinajstić information content (AvgIpc) is 3.16. The lowest BCUT2D eigenvalue weighted by Gasteiger charge is -2.28. The molecule has 2 saturated heterocycles. The van der Waals surface area contributed by atoms with Crippen molar-refractivity contribution < 1.29 is 4.79 Å². The van der Waals surface area contributed by atoms with Crippen molar-refractivity contribution in [1.82, 2.24) is 4.90 Å². The van der Waals surface area contributed by atoms with Gasteiger partial charge in [0.2, 0.25) is 12.2 Å². The van der Waals surface area contributed by atoms with Gasteiger partial charge in [0, 0.05) is 6.04 Å². The van der Waals surface area contributed by atoms with E-state index in [0.717, 1.165) is 19.3 Å². The summed E-state index contributed by atoms with van der Waals surface area (Å²) in [4.78, 5) is 20.3. The summed E-state index contributed by atoms with van der Waals surface area (Å²) in [5, 5.41) is 9.82. The highest BCUT2D eigenvalue weighted by atomic mass is 35.5. The van der Waals surface area contributed by atoms with Gasteiger partial charge in [0.05, 0.1) is 15.7 Å². The maximum atomic E-state index is 12.9. The highest BCUT2D eigenvalue weighted by molar-refractivity contribution is 6.42. The minimum Gasteiger partial charge on any atom is -0.326 e. The van der Waals surface area contributed by atoms with E-state index in [0.29, 0.717) is 33.7 Å². The molecule has 3 atom stereocenters. The normalized spacial score (nSPS) is 31.0. The molecular weight excluding hydrogens is 323 g/mol. The molecule has 1 aromatic rings. The standard InChI is InChI=1S/C15H12Cl2N4O/c16-11-4-3-10(6-12(11)17)21-14(22)13-8-1-2-9(5-8)20(13)15(21)19-7-18/h3-4,6,8-9,13H,1-2,5H2. The van der Waals surface area contributed by atoms with Crippen LogP contribution in [0.5, 0.6) is 0 Å². The molecule has 2 bridgehead atoms. The molecule has 1 saturated carbocycles.